The number of phenolic OH excluding ortho intramolecular Hbond substituents is 1. The van der Waals surface area contributed by atoms with Crippen LogP contribution >= 0.6 is 0 Å². The lowest BCUT2D eigenvalue weighted by Gasteiger charge is -2.25. The second-order valence-corrected chi connectivity index (χ2v) is 7.18. The van der Waals surface area contributed by atoms with Crippen molar-refractivity contribution in [3.8, 4) is 5.75 Å². The number of benzene rings is 3. The van der Waals surface area contributed by atoms with Gasteiger partial charge in [-0.1, -0.05) is 42.5 Å². The molecule has 3 aromatic carbocycles. The van der Waals surface area contributed by atoms with Crippen LogP contribution in [0.25, 0.3) is 0 Å². The minimum Gasteiger partial charge on any atom is -0.508 e. The van der Waals surface area contributed by atoms with Gasteiger partial charge in [0.1, 0.15) is 23.7 Å². The van der Waals surface area contributed by atoms with E-state index in [9.17, 15) is 14.3 Å². The molecule has 0 spiro atoms. The molecule has 148 valence electrons. The summed E-state index contributed by atoms with van der Waals surface area (Å²) in [6.07, 6.45) is 1.69. The molecule has 1 saturated heterocycles. The maximum Gasteiger partial charge on any atom is 0.415 e. The van der Waals surface area contributed by atoms with Gasteiger partial charge in [-0.05, 0) is 66.8 Å². The number of phenols is 1. The smallest absolute Gasteiger partial charge is 0.415 e. The molecule has 1 aliphatic rings. The fourth-order valence-electron chi connectivity index (χ4n) is 3.80. The lowest BCUT2D eigenvalue weighted by molar-refractivity contribution is 0.125. The largest absolute Gasteiger partial charge is 0.508 e. The van der Waals surface area contributed by atoms with Crippen LogP contribution in [0.3, 0.4) is 0 Å². The second-order valence-electron chi connectivity index (χ2n) is 7.18. The number of anilines is 1. The Morgan fingerprint density at radius 2 is 1.62 bits per heavy atom. The molecule has 0 aliphatic carbocycles. The first-order valence-electron chi connectivity index (χ1n) is 9.70. The highest BCUT2D eigenvalue weighted by molar-refractivity contribution is 5.91. The topological polar surface area (TPSA) is 49.8 Å². The summed E-state index contributed by atoms with van der Waals surface area (Å²) in [5.74, 6) is -0.199. The number of aryl methyl sites for hydroxylation is 1. The molecule has 3 aromatic rings. The Morgan fingerprint density at radius 1 is 0.931 bits per heavy atom. The SMILES string of the molecule is O=C1O[C@H](CCCc2ccccc2)[C@@H](c2ccc(O)cc2)N1c1ccc(F)cc1. The zero-order valence-corrected chi connectivity index (χ0v) is 15.9. The molecule has 1 amide bonds. The van der Waals surface area contributed by atoms with Crippen molar-refractivity contribution in [2.75, 3.05) is 4.90 Å². The van der Waals surface area contributed by atoms with Crippen LogP contribution < -0.4 is 4.90 Å². The van der Waals surface area contributed by atoms with Crippen LogP contribution in [0.5, 0.6) is 5.75 Å². The molecule has 0 saturated carbocycles. The number of hydrogen-bond acceptors (Lipinski definition) is 3. The number of hydrogen-bond donors (Lipinski definition) is 1. The summed E-state index contributed by atoms with van der Waals surface area (Å²) in [6.45, 7) is 0. The summed E-state index contributed by atoms with van der Waals surface area (Å²) < 4.78 is 19.1. The van der Waals surface area contributed by atoms with Crippen molar-refractivity contribution >= 4 is 11.8 Å². The summed E-state index contributed by atoms with van der Waals surface area (Å²) in [5, 5.41) is 9.64. The highest BCUT2D eigenvalue weighted by Crippen LogP contribution is 2.39. The van der Waals surface area contributed by atoms with Crippen LogP contribution in [-0.2, 0) is 11.2 Å². The van der Waals surface area contributed by atoms with Crippen molar-refractivity contribution in [1.29, 1.82) is 0 Å². The molecular weight excluding hydrogens is 369 g/mol. The third kappa shape index (κ3) is 4.24. The van der Waals surface area contributed by atoms with Crippen LogP contribution in [0, 0.1) is 5.82 Å². The van der Waals surface area contributed by atoms with Gasteiger partial charge in [-0.15, -0.1) is 0 Å². The Morgan fingerprint density at radius 3 is 2.31 bits per heavy atom. The quantitative estimate of drug-likeness (QED) is 0.593. The van der Waals surface area contributed by atoms with E-state index in [-0.39, 0.29) is 23.7 Å². The average Bonchev–Trinajstić information content (AvgIpc) is 3.06. The van der Waals surface area contributed by atoms with E-state index >= 15 is 0 Å². The van der Waals surface area contributed by atoms with Crippen LogP contribution in [0.1, 0.15) is 30.0 Å². The number of ether oxygens (including phenoxy) is 1. The van der Waals surface area contributed by atoms with Crippen LogP contribution in [0.4, 0.5) is 14.9 Å². The minimum absolute atomic E-state index is 0.160. The monoisotopic (exact) mass is 391 g/mol. The van der Waals surface area contributed by atoms with Gasteiger partial charge in [0.05, 0.1) is 0 Å². The predicted molar refractivity (Wildman–Crippen MR) is 109 cm³/mol. The molecule has 1 N–H and O–H groups in total. The summed E-state index contributed by atoms with van der Waals surface area (Å²) in [5.41, 5.74) is 2.69. The Bertz CT molecular complexity index is 958. The zero-order chi connectivity index (χ0) is 20.2. The fraction of sp³-hybridized carbons (Fsp3) is 0.208. The number of carbonyl (C=O) groups excluding carboxylic acids is 1. The van der Waals surface area contributed by atoms with E-state index in [0.29, 0.717) is 12.1 Å². The molecule has 0 aromatic heterocycles. The van der Waals surface area contributed by atoms with Crippen molar-refractivity contribution in [2.45, 2.75) is 31.4 Å². The number of cyclic esters (lactones) is 1. The molecule has 1 heterocycles. The van der Waals surface area contributed by atoms with Crippen LogP contribution in [0.2, 0.25) is 0 Å². The Kier molecular flexibility index (Phi) is 5.47. The van der Waals surface area contributed by atoms with E-state index in [1.165, 1.54) is 17.7 Å². The van der Waals surface area contributed by atoms with Crippen molar-refractivity contribution < 1.29 is 19.0 Å². The summed E-state index contributed by atoms with van der Waals surface area (Å²) in [4.78, 5) is 14.3. The summed E-state index contributed by atoms with van der Waals surface area (Å²) in [7, 11) is 0. The molecule has 29 heavy (non-hydrogen) atoms. The molecule has 4 rings (SSSR count). The average molecular weight is 391 g/mol. The number of halogens is 1. The van der Waals surface area contributed by atoms with E-state index < -0.39 is 6.09 Å². The number of nitrogens with zero attached hydrogens (tertiary/aromatic N) is 1. The third-order valence-corrected chi connectivity index (χ3v) is 5.22. The minimum atomic E-state index is -0.445. The van der Waals surface area contributed by atoms with E-state index in [1.54, 1.807) is 41.3 Å². The molecule has 0 unspecified atom stereocenters. The predicted octanol–water partition coefficient (Wildman–Crippen LogP) is 5.62. The molecule has 0 bridgehead atoms. The summed E-state index contributed by atoms with van der Waals surface area (Å²) >= 11 is 0. The van der Waals surface area contributed by atoms with Crippen LogP contribution in [-0.4, -0.2) is 17.3 Å². The van der Waals surface area contributed by atoms with Gasteiger partial charge in [-0.3, -0.25) is 4.90 Å². The van der Waals surface area contributed by atoms with Crippen LogP contribution in [0.15, 0.2) is 78.9 Å². The van der Waals surface area contributed by atoms with Gasteiger partial charge >= 0.3 is 6.09 Å². The highest BCUT2D eigenvalue weighted by atomic mass is 19.1. The molecule has 4 nitrogen and oxygen atoms in total. The standard InChI is InChI=1S/C24H22FNO3/c25-19-11-13-20(14-12-19)26-23(18-9-15-21(27)16-10-18)22(29-24(26)28)8-4-7-17-5-2-1-3-6-17/h1-3,5-6,9-16,22-23,27H,4,7-8H2/t22-,23-/m1/s1. The maximum absolute atomic E-state index is 13.4. The molecular formula is C24H22FNO3. The number of amides is 1. The third-order valence-electron chi connectivity index (χ3n) is 5.22. The van der Waals surface area contributed by atoms with Gasteiger partial charge in [0.15, 0.2) is 0 Å². The van der Waals surface area contributed by atoms with Crippen molar-refractivity contribution in [3.63, 3.8) is 0 Å². The molecule has 1 aliphatic heterocycles. The van der Waals surface area contributed by atoms with E-state index in [4.69, 9.17) is 4.74 Å². The van der Waals surface area contributed by atoms with Crippen molar-refractivity contribution in [2.24, 2.45) is 0 Å². The lowest BCUT2D eigenvalue weighted by atomic mass is 9.95. The Labute approximate surface area is 169 Å². The van der Waals surface area contributed by atoms with Gasteiger partial charge in [-0.25, -0.2) is 9.18 Å². The molecule has 5 heteroatoms. The number of aromatic hydroxyl groups is 1. The van der Waals surface area contributed by atoms with Gasteiger partial charge < -0.3 is 9.84 Å². The lowest BCUT2D eigenvalue weighted by Crippen LogP contribution is -2.29. The van der Waals surface area contributed by atoms with Gasteiger partial charge in [0.25, 0.3) is 0 Å². The Hall–Kier alpha value is -3.34. The second kappa shape index (κ2) is 8.35. The summed E-state index contributed by atoms with van der Waals surface area (Å²) in [6, 6.07) is 22.5. The molecule has 1 fully saturated rings. The number of carbonyl (C=O) groups is 1. The first kappa shape index (κ1) is 19.0. The van der Waals surface area contributed by atoms with Crippen molar-refractivity contribution in [3.05, 3.63) is 95.8 Å². The maximum atomic E-state index is 13.4. The van der Waals surface area contributed by atoms with E-state index in [1.807, 2.05) is 18.2 Å². The van der Waals surface area contributed by atoms with E-state index in [0.717, 1.165) is 18.4 Å². The number of rotatable bonds is 6. The normalized spacial score (nSPS) is 18.7. The fourth-order valence-corrected chi connectivity index (χ4v) is 3.80. The molecule has 0 radical (unpaired) electrons. The first-order valence-corrected chi connectivity index (χ1v) is 9.70. The van der Waals surface area contributed by atoms with Crippen molar-refractivity contribution in [1.82, 2.24) is 0 Å². The van der Waals surface area contributed by atoms with Gasteiger partial charge in [0, 0.05) is 5.69 Å². The van der Waals surface area contributed by atoms with Gasteiger partial charge in [0.2, 0.25) is 0 Å². The Balaban J connectivity index is 1.58. The zero-order valence-electron chi connectivity index (χ0n) is 15.9. The van der Waals surface area contributed by atoms with E-state index in [2.05, 4.69) is 12.1 Å². The first-order chi connectivity index (χ1) is 14.1. The van der Waals surface area contributed by atoms with Gasteiger partial charge in [-0.2, -0.15) is 0 Å². The highest BCUT2D eigenvalue weighted by Gasteiger charge is 2.43. The molecule has 2 atom stereocenters.